The number of hydrogen-bond donors (Lipinski definition) is 2. The van der Waals surface area contributed by atoms with E-state index in [2.05, 4.69) is 24.6 Å². The number of nitrogens with one attached hydrogen (secondary N) is 1. The van der Waals surface area contributed by atoms with Crippen molar-refractivity contribution in [2.75, 3.05) is 19.3 Å². The molecule has 0 aromatic heterocycles. The lowest BCUT2D eigenvalue weighted by Crippen LogP contribution is -2.30. The topological polar surface area (TPSA) is 15.3 Å². The van der Waals surface area contributed by atoms with Crippen LogP contribution < -0.4 is 5.43 Å². The molecule has 0 heterocycles. The highest BCUT2D eigenvalue weighted by atomic mass is 32.1. The Bertz CT molecular complexity index is 75.5. The van der Waals surface area contributed by atoms with Gasteiger partial charge in [0.25, 0.3) is 0 Å². The molecule has 54 valence electrons. The molecule has 0 radical (unpaired) electrons. The zero-order chi connectivity index (χ0) is 7.11. The Hall–Kier alpha value is -0.150. The molecule has 0 aliphatic carbocycles. The monoisotopic (exact) mass is 146 g/mol. The summed E-state index contributed by atoms with van der Waals surface area (Å²) in [5.74, 6) is 0.934. The van der Waals surface area contributed by atoms with Gasteiger partial charge in [-0.1, -0.05) is 6.58 Å². The molecule has 0 saturated heterocycles. The summed E-state index contributed by atoms with van der Waals surface area (Å²) < 4.78 is 0. The van der Waals surface area contributed by atoms with Crippen molar-refractivity contribution in [3.63, 3.8) is 0 Å². The van der Waals surface area contributed by atoms with Crippen LogP contribution in [0.4, 0.5) is 0 Å². The molecular weight excluding hydrogens is 132 g/mol. The predicted molar refractivity (Wildman–Crippen MR) is 44.4 cm³/mol. The SMILES string of the molecule is C=CNN(C)CCCS. The highest BCUT2D eigenvalue weighted by molar-refractivity contribution is 7.80. The maximum absolute atomic E-state index is 4.08. The standard InChI is InChI=1S/C6H14N2S/c1-3-7-8(2)5-4-6-9/h3,7,9H,1,4-6H2,2H3. The first-order chi connectivity index (χ1) is 4.31. The van der Waals surface area contributed by atoms with Gasteiger partial charge in [0.1, 0.15) is 0 Å². The van der Waals surface area contributed by atoms with Gasteiger partial charge < -0.3 is 5.43 Å². The molecule has 0 spiro atoms. The number of hydrogen-bond acceptors (Lipinski definition) is 3. The van der Waals surface area contributed by atoms with Crippen LogP contribution in [-0.4, -0.2) is 24.4 Å². The third-order valence-electron chi connectivity index (χ3n) is 0.963. The minimum Gasteiger partial charge on any atom is -0.327 e. The van der Waals surface area contributed by atoms with Crippen molar-refractivity contribution in [1.82, 2.24) is 10.4 Å². The smallest absolute Gasteiger partial charge is 0.0183 e. The second-order valence-corrected chi connectivity index (χ2v) is 2.28. The van der Waals surface area contributed by atoms with Crippen molar-refractivity contribution < 1.29 is 0 Å². The van der Waals surface area contributed by atoms with E-state index in [0.717, 1.165) is 18.7 Å². The van der Waals surface area contributed by atoms with Gasteiger partial charge in [-0.25, -0.2) is 5.01 Å². The molecule has 0 fully saturated rings. The van der Waals surface area contributed by atoms with Crippen LogP contribution in [0.3, 0.4) is 0 Å². The van der Waals surface area contributed by atoms with E-state index in [4.69, 9.17) is 0 Å². The summed E-state index contributed by atoms with van der Waals surface area (Å²) >= 11 is 4.08. The molecule has 2 nitrogen and oxygen atoms in total. The molecule has 0 aliphatic heterocycles. The van der Waals surface area contributed by atoms with E-state index in [-0.39, 0.29) is 0 Å². The normalized spacial score (nSPS) is 9.67. The molecule has 9 heavy (non-hydrogen) atoms. The number of nitrogens with zero attached hydrogens (tertiary/aromatic N) is 1. The fourth-order valence-corrected chi connectivity index (χ4v) is 0.670. The first-order valence-corrected chi connectivity index (χ1v) is 3.63. The molecule has 0 bridgehead atoms. The maximum Gasteiger partial charge on any atom is 0.0183 e. The Morgan fingerprint density at radius 1 is 1.78 bits per heavy atom. The van der Waals surface area contributed by atoms with E-state index in [1.807, 2.05) is 12.1 Å². The van der Waals surface area contributed by atoms with E-state index in [1.165, 1.54) is 0 Å². The minimum absolute atomic E-state index is 0.934. The quantitative estimate of drug-likeness (QED) is 0.442. The van der Waals surface area contributed by atoms with Crippen molar-refractivity contribution in [2.45, 2.75) is 6.42 Å². The zero-order valence-electron chi connectivity index (χ0n) is 5.80. The van der Waals surface area contributed by atoms with Gasteiger partial charge in [0.05, 0.1) is 0 Å². The van der Waals surface area contributed by atoms with Crippen molar-refractivity contribution in [1.29, 1.82) is 0 Å². The Morgan fingerprint density at radius 3 is 2.89 bits per heavy atom. The fourth-order valence-electron chi connectivity index (χ4n) is 0.528. The maximum atomic E-state index is 4.08. The van der Waals surface area contributed by atoms with Crippen molar-refractivity contribution in [3.05, 3.63) is 12.8 Å². The lowest BCUT2D eigenvalue weighted by atomic mass is 10.5. The van der Waals surface area contributed by atoms with Gasteiger partial charge in [0.15, 0.2) is 0 Å². The largest absolute Gasteiger partial charge is 0.327 e. The van der Waals surface area contributed by atoms with Gasteiger partial charge in [0.2, 0.25) is 0 Å². The Kier molecular flexibility index (Phi) is 5.88. The summed E-state index contributed by atoms with van der Waals surface area (Å²) in [5, 5.41) is 1.98. The molecule has 0 aromatic rings. The van der Waals surface area contributed by atoms with E-state index >= 15 is 0 Å². The zero-order valence-corrected chi connectivity index (χ0v) is 6.69. The van der Waals surface area contributed by atoms with Crippen LogP contribution in [0.1, 0.15) is 6.42 Å². The predicted octanol–water partition coefficient (Wildman–Crippen LogP) is 0.886. The summed E-state index contributed by atoms with van der Waals surface area (Å²) in [4.78, 5) is 0. The van der Waals surface area contributed by atoms with Gasteiger partial charge >= 0.3 is 0 Å². The van der Waals surface area contributed by atoms with Crippen LogP contribution in [0.25, 0.3) is 0 Å². The summed E-state index contributed by atoms with van der Waals surface area (Å²) in [6.45, 7) is 4.55. The first kappa shape index (κ1) is 8.85. The summed E-state index contributed by atoms with van der Waals surface area (Å²) in [5.41, 5.74) is 2.94. The lowest BCUT2D eigenvalue weighted by molar-refractivity contribution is 0.278. The van der Waals surface area contributed by atoms with Gasteiger partial charge in [-0.05, 0) is 12.2 Å². The van der Waals surface area contributed by atoms with Crippen molar-refractivity contribution >= 4 is 12.6 Å². The van der Waals surface area contributed by atoms with E-state index < -0.39 is 0 Å². The molecular formula is C6H14N2S. The Balaban J connectivity index is 3.04. The summed E-state index contributed by atoms with van der Waals surface area (Å²) in [6.07, 6.45) is 2.76. The van der Waals surface area contributed by atoms with Gasteiger partial charge in [-0.3, -0.25) is 0 Å². The minimum atomic E-state index is 0.934. The van der Waals surface area contributed by atoms with Crippen LogP contribution in [-0.2, 0) is 0 Å². The Labute approximate surface area is 62.3 Å². The molecule has 0 atom stereocenters. The van der Waals surface area contributed by atoms with Crippen LogP contribution in [0.15, 0.2) is 12.8 Å². The van der Waals surface area contributed by atoms with Gasteiger partial charge in [-0.2, -0.15) is 12.6 Å². The molecule has 0 aliphatic rings. The van der Waals surface area contributed by atoms with Gasteiger partial charge in [-0.15, -0.1) is 0 Å². The van der Waals surface area contributed by atoms with E-state index in [9.17, 15) is 0 Å². The number of rotatable bonds is 5. The van der Waals surface area contributed by atoms with Gasteiger partial charge in [0, 0.05) is 19.8 Å². The van der Waals surface area contributed by atoms with Crippen molar-refractivity contribution in [3.8, 4) is 0 Å². The number of hydrazine groups is 1. The lowest BCUT2D eigenvalue weighted by Gasteiger charge is -2.14. The Morgan fingerprint density at radius 2 is 2.44 bits per heavy atom. The van der Waals surface area contributed by atoms with Crippen LogP contribution in [0.5, 0.6) is 0 Å². The highest BCUT2D eigenvalue weighted by Crippen LogP contribution is 1.84. The molecule has 0 unspecified atom stereocenters. The summed E-state index contributed by atoms with van der Waals surface area (Å²) in [6, 6.07) is 0. The third-order valence-corrected chi connectivity index (χ3v) is 1.28. The molecule has 0 aromatic carbocycles. The van der Waals surface area contributed by atoms with E-state index in [0.29, 0.717) is 0 Å². The molecule has 0 saturated carbocycles. The fraction of sp³-hybridized carbons (Fsp3) is 0.667. The second kappa shape index (κ2) is 5.98. The first-order valence-electron chi connectivity index (χ1n) is 3.00. The average molecular weight is 146 g/mol. The van der Waals surface area contributed by atoms with E-state index in [1.54, 1.807) is 6.20 Å². The molecule has 1 N–H and O–H groups in total. The van der Waals surface area contributed by atoms with Crippen molar-refractivity contribution in [2.24, 2.45) is 0 Å². The average Bonchev–Trinajstić information content (AvgIpc) is 1.85. The highest BCUT2D eigenvalue weighted by Gasteiger charge is 1.89. The van der Waals surface area contributed by atoms with Crippen LogP contribution in [0, 0.1) is 0 Å². The molecule has 0 rings (SSSR count). The van der Waals surface area contributed by atoms with Crippen LogP contribution >= 0.6 is 12.6 Å². The third kappa shape index (κ3) is 5.73. The second-order valence-electron chi connectivity index (χ2n) is 1.83. The summed E-state index contributed by atoms with van der Waals surface area (Å²) in [7, 11) is 1.98. The molecule has 3 heteroatoms. The van der Waals surface area contributed by atoms with Crippen LogP contribution in [0.2, 0.25) is 0 Å². The molecule has 0 amide bonds. The number of thiol groups is 1.